The van der Waals surface area contributed by atoms with Gasteiger partial charge in [-0.2, -0.15) is 5.10 Å². The lowest BCUT2D eigenvalue weighted by Gasteiger charge is -2.26. The zero-order chi connectivity index (χ0) is 16.5. The van der Waals surface area contributed by atoms with Crippen LogP contribution >= 0.6 is 11.6 Å². The van der Waals surface area contributed by atoms with Crippen molar-refractivity contribution in [3.63, 3.8) is 0 Å². The molecular formula is C15H25ClN4O2. The smallest absolute Gasteiger partial charge is 0.410 e. The first-order chi connectivity index (χ1) is 10.2. The van der Waals surface area contributed by atoms with Crippen LogP contribution in [0.25, 0.3) is 0 Å². The Morgan fingerprint density at radius 2 is 2.23 bits per heavy atom. The summed E-state index contributed by atoms with van der Waals surface area (Å²) in [5, 5.41) is 8.16. The summed E-state index contributed by atoms with van der Waals surface area (Å²) in [4.78, 5) is 13.9. The molecule has 22 heavy (non-hydrogen) atoms. The third-order valence-electron chi connectivity index (χ3n) is 3.89. The Kier molecular flexibility index (Phi) is 5.02. The zero-order valence-corrected chi connectivity index (χ0v) is 14.6. The quantitative estimate of drug-likeness (QED) is 0.926. The normalized spacial score (nSPS) is 20.3. The van der Waals surface area contributed by atoms with E-state index in [9.17, 15) is 4.79 Å². The molecule has 7 heteroatoms. The maximum absolute atomic E-state index is 12.2. The molecule has 6 nitrogen and oxygen atoms in total. The first kappa shape index (κ1) is 17.1. The Balaban J connectivity index is 2.07. The van der Waals surface area contributed by atoms with Crippen LogP contribution in [0, 0.1) is 5.92 Å². The molecule has 2 heterocycles. The van der Waals surface area contributed by atoms with Crippen LogP contribution in [0.5, 0.6) is 0 Å². The first-order valence-corrected chi connectivity index (χ1v) is 7.93. The Morgan fingerprint density at radius 3 is 2.73 bits per heavy atom. The summed E-state index contributed by atoms with van der Waals surface area (Å²) >= 11 is 6.25. The van der Waals surface area contributed by atoms with Crippen LogP contribution in [0.15, 0.2) is 6.20 Å². The van der Waals surface area contributed by atoms with E-state index in [0.29, 0.717) is 18.1 Å². The summed E-state index contributed by atoms with van der Waals surface area (Å²) in [7, 11) is 3.79. The Hall–Kier alpha value is -1.27. The monoisotopic (exact) mass is 328 g/mol. The molecule has 0 radical (unpaired) electrons. The van der Waals surface area contributed by atoms with Crippen LogP contribution in [-0.4, -0.2) is 46.5 Å². The van der Waals surface area contributed by atoms with Gasteiger partial charge in [0.2, 0.25) is 0 Å². The SMILES string of the molecule is CNC(c1c(Cl)cnn1C)C1CCN(C(=O)OC(C)(C)C)C1. The molecule has 1 aromatic heterocycles. The van der Waals surface area contributed by atoms with E-state index in [1.807, 2.05) is 34.9 Å². The van der Waals surface area contributed by atoms with Crippen molar-refractivity contribution in [1.82, 2.24) is 20.0 Å². The summed E-state index contributed by atoms with van der Waals surface area (Å²) in [5.41, 5.74) is 0.489. The second-order valence-electron chi connectivity index (χ2n) is 6.74. The van der Waals surface area contributed by atoms with Crippen LogP contribution in [0.1, 0.15) is 38.9 Å². The minimum Gasteiger partial charge on any atom is -0.444 e. The summed E-state index contributed by atoms with van der Waals surface area (Å²) < 4.78 is 7.24. The number of carbonyl (C=O) groups excluding carboxylic acids is 1. The average Bonchev–Trinajstić information content (AvgIpc) is 3.00. The van der Waals surface area contributed by atoms with Gasteiger partial charge >= 0.3 is 6.09 Å². The number of rotatable bonds is 3. The molecule has 1 fully saturated rings. The fraction of sp³-hybridized carbons (Fsp3) is 0.733. The molecule has 0 aliphatic carbocycles. The van der Waals surface area contributed by atoms with Gasteiger partial charge in [-0.1, -0.05) is 11.6 Å². The molecule has 124 valence electrons. The number of likely N-dealkylation sites (tertiary alicyclic amines) is 1. The number of halogens is 1. The summed E-state index contributed by atoms with van der Waals surface area (Å²) in [6, 6.07) is 0.0624. The van der Waals surface area contributed by atoms with Gasteiger partial charge in [0.1, 0.15) is 5.60 Å². The molecule has 1 saturated heterocycles. The van der Waals surface area contributed by atoms with Gasteiger partial charge in [0, 0.05) is 20.1 Å². The van der Waals surface area contributed by atoms with Crippen molar-refractivity contribution in [3.05, 3.63) is 16.9 Å². The first-order valence-electron chi connectivity index (χ1n) is 7.55. The van der Waals surface area contributed by atoms with E-state index in [4.69, 9.17) is 16.3 Å². The highest BCUT2D eigenvalue weighted by atomic mass is 35.5. The number of nitrogens with one attached hydrogen (secondary N) is 1. The lowest BCUT2D eigenvalue weighted by molar-refractivity contribution is 0.0285. The van der Waals surface area contributed by atoms with E-state index >= 15 is 0 Å². The van der Waals surface area contributed by atoms with E-state index in [2.05, 4.69) is 10.4 Å². The Morgan fingerprint density at radius 1 is 1.55 bits per heavy atom. The molecule has 0 aromatic carbocycles. The molecule has 1 aliphatic heterocycles. The van der Waals surface area contributed by atoms with Crippen molar-refractivity contribution in [2.45, 2.75) is 38.8 Å². The predicted octanol–water partition coefficient (Wildman–Crippen LogP) is 2.59. The minimum absolute atomic E-state index is 0.0624. The second kappa shape index (κ2) is 6.46. The van der Waals surface area contributed by atoms with Gasteiger partial charge in [0.25, 0.3) is 0 Å². The highest BCUT2D eigenvalue weighted by Gasteiger charge is 2.35. The molecule has 2 atom stereocenters. The van der Waals surface area contributed by atoms with Gasteiger partial charge in [0.15, 0.2) is 0 Å². The zero-order valence-electron chi connectivity index (χ0n) is 13.9. The molecule has 2 rings (SSSR count). The second-order valence-corrected chi connectivity index (χ2v) is 7.15. The van der Waals surface area contributed by atoms with E-state index in [1.165, 1.54) is 0 Å². The van der Waals surface area contributed by atoms with E-state index in [0.717, 1.165) is 12.1 Å². The average molecular weight is 329 g/mol. The highest BCUT2D eigenvalue weighted by molar-refractivity contribution is 6.31. The van der Waals surface area contributed by atoms with Gasteiger partial charge in [-0.3, -0.25) is 4.68 Å². The van der Waals surface area contributed by atoms with Crippen molar-refractivity contribution < 1.29 is 9.53 Å². The molecule has 1 N–H and O–H groups in total. The lowest BCUT2D eigenvalue weighted by Crippen LogP contribution is -2.36. The van der Waals surface area contributed by atoms with E-state index in [1.54, 1.807) is 15.8 Å². The van der Waals surface area contributed by atoms with Crippen molar-refractivity contribution in [1.29, 1.82) is 0 Å². The fourth-order valence-corrected chi connectivity index (χ4v) is 3.20. The highest BCUT2D eigenvalue weighted by Crippen LogP contribution is 2.33. The predicted molar refractivity (Wildman–Crippen MR) is 85.9 cm³/mol. The van der Waals surface area contributed by atoms with Gasteiger partial charge in [0.05, 0.1) is 23.0 Å². The molecule has 0 saturated carbocycles. The van der Waals surface area contributed by atoms with Crippen LogP contribution in [0.3, 0.4) is 0 Å². The largest absolute Gasteiger partial charge is 0.444 e. The van der Waals surface area contributed by atoms with Crippen LogP contribution < -0.4 is 5.32 Å². The number of ether oxygens (including phenoxy) is 1. The van der Waals surface area contributed by atoms with Crippen molar-refractivity contribution >= 4 is 17.7 Å². The lowest BCUT2D eigenvalue weighted by atomic mass is 9.96. The summed E-state index contributed by atoms with van der Waals surface area (Å²) in [6.45, 7) is 6.99. The number of nitrogens with zero attached hydrogens (tertiary/aromatic N) is 3. The van der Waals surface area contributed by atoms with Crippen LogP contribution in [-0.2, 0) is 11.8 Å². The van der Waals surface area contributed by atoms with Crippen molar-refractivity contribution in [2.24, 2.45) is 13.0 Å². The van der Waals surface area contributed by atoms with E-state index in [-0.39, 0.29) is 18.1 Å². The van der Waals surface area contributed by atoms with Gasteiger partial charge < -0.3 is 15.0 Å². The fourth-order valence-electron chi connectivity index (χ4n) is 2.92. The number of hydrogen-bond donors (Lipinski definition) is 1. The van der Waals surface area contributed by atoms with Gasteiger partial charge in [-0.05, 0) is 40.2 Å². The Labute approximate surface area is 136 Å². The number of hydrogen-bond acceptors (Lipinski definition) is 4. The third kappa shape index (κ3) is 3.73. The van der Waals surface area contributed by atoms with E-state index < -0.39 is 5.60 Å². The third-order valence-corrected chi connectivity index (χ3v) is 4.18. The summed E-state index contributed by atoms with van der Waals surface area (Å²) in [6.07, 6.45) is 2.31. The maximum atomic E-state index is 12.2. The van der Waals surface area contributed by atoms with Crippen LogP contribution in [0.2, 0.25) is 5.02 Å². The number of carbonyl (C=O) groups is 1. The number of aromatic nitrogens is 2. The molecule has 0 spiro atoms. The number of aryl methyl sites for hydroxylation is 1. The minimum atomic E-state index is -0.469. The van der Waals surface area contributed by atoms with Crippen molar-refractivity contribution in [2.75, 3.05) is 20.1 Å². The molecule has 0 bridgehead atoms. The molecule has 1 aromatic rings. The van der Waals surface area contributed by atoms with Gasteiger partial charge in [-0.15, -0.1) is 0 Å². The molecule has 2 unspecified atom stereocenters. The standard InChI is InChI=1S/C15H25ClN4O2/c1-15(2,3)22-14(21)20-7-6-10(9-20)12(17-4)13-11(16)8-18-19(13)5/h8,10,12,17H,6-7,9H2,1-5H3. The molecule has 1 amide bonds. The summed E-state index contributed by atoms with van der Waals surface area (Å²) in [5.74, 6) is 0.283. The molecular weight excluding hydrogens is 304 g/mol. The topological polar surface area (TPSA) is 59.4 Å². The number of amides is 1. The maximum Gasteiger partial charge on any atom is 0.410 e. The van der Waals surface area contributed by atoms with Crippen molar-refractivity contribution in [3.8, 4) is 0 Å². The molecule has 1 aliphatic rings. The Bertz CT molecular complexity index is 519. The van der Waals surface area contributed by atoms with Gasteiger partial charge in [-0.25, -0.2) is 4.79 Å². The van der Waals surface area contributed by atoms with Crippen LogP contribution in [0.4, 0.5) is 4.79 Å².